The van der Waals surface area contributed by atoms with Gasteiger partial charge in [0.15, 0.2) is 5.79 Å². The van der Waals surface area contributed by atoms with E-state index in [1.165, 1.54) is 0 Å². The third-order valence-corrected chi connectivity index (χ3v) is 5.17. The summed E-state index contributed by atoms with van der Waals surface area (Å²) in [7, 11) is 0. The summed E-state index contributed by atoms with van der Waals surface area (Å²) in [6.07, 6.45) is 2.66. The van der Waals surface area contributed by atoms with Crippen molar-refractivity contribution in [2.24, 2.45) is 5.92 Å². The predicted molar refractivity (Wildman–Crippen MR) is 81.5 cm³/mol. The number of nitrogens with zero attached hydrogens (tertiary/aromatic N) is 1. The van der Waals surface area contributed by atoms with Gasteiger partial charge < -0.3 is 24.1 Å². The molecule has 130 valence electrons. The van der Waals surface area contributed by atoms with Gasteiger partial charge in [0.25, 0.3) is 0 Å². The maximum absolute atomic E-state index is 9.98. The Balaban J connectivity index is 1.66. The molecule has 0 spiro atoms. The highest BCUT2D eigenvalue weighted by molar-refractivity contribution is 5.04. The summed E-state index contributed by atoms with van der Waals surface area (Å²) >= 11 is 0. The van der Waals surface area contributed by atoms with Crippen LogP contribution in [0.4, 0.5) is 0 Å². The highest BCUT2D eigenvalue weighted by Gasteiger charge is 2.56. The third-order valence-electron chi connectivity index (χ3n) is 5.17. The van der Waals surface area contributed by atoms with E-state index >= 15 is 0 Å². The molecule has 3 aliphatic heterocycles. The van der Waals surface area contributed by atoms with Gasteiger partial charge in [0.05, 0.1) is 37.6 Å². The van der Waals surface area contributed by atoms with Gasteiger partial charge in [0, 0.05) is 12.3 Å². The molecule has 0 aromatic rings. The van der Waals surface area contributed by atoms with E-state index in [1.807, 2.05) is 20.8 Å². The van der Waals surface area contributed by atoms with Crippen LogP contribution in [0, 0.1) is 17.2 Å². The van der Waals surface area contributed by atoms with Crippen LogP contribution in [0.25, 0.3) is 0 Å². The van der Waals surface area contributed by atoms with E-state index in [2.05, 4.69) is 6.07 Å². The lowest BCUT2D eigenvalue weighted by atomic mass is 9.85. The van der Waals surface area contributed by atoms with Crippen LogP contribution >= 0.6 is 0 Å². The van der Waals surface area contributed by atoms with Crippen LogP contribution in [-0.4, -0.2) is 54.1 Å². The molecular weight excluding hydrogens is 298 g/mol. The maximum atomic E-state index is 9.98. The quantitative estimate of drug-likeness (QED) is 0.848. The Morgan fingerprint density at radius 3 is 2.65 bits per heavy atom. The molecule has 6 atom stereocenters. The molecule has 3 aliphatic rings. The highest BCUT2D eigenvalue weighted by atomic mass is 16.8. The molecule has 0 aromatic heterocycles. The molecule has 0 amide bonds. The standard InChI is InChI=1S/C17H27NO5/c1-11(8-18)6-12-4-5-15-17(10-19,22-12)7-13(21-15)14-9-20-16(2,3)23-14/h11-15,19H,4-7,9-10H2,1-3H3/t11-,12?,13-,14-,15?,17?/m1/s1. The first-order valence-corrected chi connectivity index (χ1v) is 8.53. The summed E-state index contributed by atoms with van der Waals surface area (Å²) in [6, 6.07) is 2.25. The third kappa shape index (κ3) is 3.40. The first kappa shape index (κ1) is 17.1. The zero-order chi connectivity index (χ0) is 16.7. The second kappa shape index (κ2) is 6.30. The van der Waals surface area contributed by atoms with Crippen LogP contribution in [0.2, 0.25) is 0 Å². The van der Waals surface area contributed by atoms with Crippen LogP contribution in [0.1, 0.15) is 46.5 Å². The topological polar surface area (TPSA) is 80.9 Å². The second-order valence-corrected chi connectivity index (χ2v) is 7.54. The minimum atomic E-state index is -0.668. The monoisotopic (exact) mass is 325 g/mol. The molecule has 0 aromatic carbocycles. The Morgan fingerprint density at radius 1 is 1.26 bits per heavy atom. The number of hydrogen-bond acceptors (Lipinski definition) is 6. The van der Waals surface area contributed by atoms with Gasteiger partial charge in [-0.1, -0.05) is 0 Å². The summed E-state index contributed by atoms with van der Waals surface area (Å²) in [6.45, 7) is 6.13. The maximum Gasteiger partial charge on any atom is 0.163 e. The fraction of sp³-hybridized carbons (Fsp3) is 0.941. The zero-order valence-electron chi connectivity index (χ0n) is 14.2. The fourth-order valence-corrected chi connectivity index (χ4v) is 3.97. The zero-order valence-corrected chi connectivity index (χ0v) is 14.2. The van der Waals surface area contributed by atoms with Gasteiger partial charge in [-0.05, 0) is 40.0 Å². The van der Waals surface area contributed by atoms with Crippen molar-refractivity contribution in [1.82, 2.24) is 0 Å². The van der Waals surface area contributed by atoms with E-state index < -0.39 is 11.4 Å². The summed E-state index contributed by atoms with van der Waals surface area (Å²) in [5.41, 5.74) is -0.668. The van der Waals surface area contributed by atoms with Crippen molar-refractivity contribution in [1.29, 1.82) is 5.26 Å². The largest absolute Gasteiger partial charge is 0.393 e. The van der Waals surface area contributed by atoms with Gasteiger partial charge in [-0.3, -0.25) is 0 Å². The molecule has 1 N–H and O–H groups in total. The van der Waals surface area contributed by atoms with Crippen LogP contribution in [0.15, 0.2) is 0 Å². The molecule has 3 saturated heterocycles. The number of hydrogen-bond donors (Lipinski definition) is 1. The van der Waals surface area contributed by atoms with Crippen molar-refractivity contribution in [2.75, 3.05) is 13.2 Å². The molecule has 23 heavy (non-hydrogen) atoms. The van der Waals surface area contributed by atoms with Gasteiger partial charge in [-0.2, -0.15) is 5.26 Å². The van der Waals surface area contributed by atoms with Crippen LogP contribution in [0.5, 0.6) is 0 Å². The molecule has 3 fully saturated rings. The summed E-state index contributed by atoms with van der Waals surface area (Å²) < 4.78 is 23.9. The number of aliphatic hydroxyl groups excluding tert-OH is 1. The molecule has 3 rings (SSSR count). The van der Waals surface area contributed by atoms with E-state index in [-0.39, 0.29) is 36.9 Å². The molecule has 0 saturated carbocycles. The van der Waals surface area contributed by atoms with Crippen molar-refractivity contribution >= 4 is 0 Å². The number of nitriles is 1. The lowest BCUT2D eigenvalue weighted by molar-refractivity contribution is -0.188. The van der Waals surface area contributed by atoms with Crippen molar-refractivity contribution in [2.45, 2.75) is 82.3 Å². The Labute approximate surface area is 137 Å². The summed E-state index contributed by atoms with van der Waals surface area (Å²) in [5, 5.41) is 19.0. The van der Waals surface area contributed by atoms with E-state index in [4.69, 9.17) is 24.2 Å². The smallest absolute Gasteiger partial charge is 0.163 e. The van der Waals surface area contributed by atoms with Gasteiger partial charge in [0.2, 0.25) is 0 Å². The molecular formula is C17H27NO5. The molecule has 3 heterocycles. The Morgan fingerprint density at radius 2 is 2.04 bits per heavy atom. The molecule has 0 bridgehead atoms. The van der Waals surface area contributed by atoms with Crippen molar-refractivity contribution < 1.29 is 24.1 Å². The Hall–Kier alpha value is -0.710. The van der Waals surface area contributed by atoms with E-state index in [1.54, 1.807) is 0 Å². The summed E-state index contributed by atoms with van der Waals surface area (Å²) in [5.74, 6) is -0.627. The Kier molecular flexibility index (Phi) is 4.69. The SMILES string of the molecule is C[C@@H](C#N)CC1CCC2O[C@@H]([C@H]3COC(C)(C)O3)CC2(CO)O1. The second-order valence-electron chi connectivity index (χ2n) is 7.54. The Bertz CT molecular complexity index is 476. The fourth-order valence-electron chi connectivity index (χ4n) is 3.97. The highest BCUT2D eigenvalue weighted by Crippen LogP contribution is 2.44. The molecule has 0 aliphatic carbocycles. The lowest BCUT2D eigenvalue weighted by Crippen LogP contribution is -2.51. The summed E-state index contributed by atoms with van der Waals surface area (Å²) in [4.78, 5) is 0. The van der Waals surface area contributed by atoms with Crippen LogP contribution in [0.3, 0.4) is 0 Å². The lowest BCUT2D eigenvalue weighted by Gasteiger charge is -2.41. The normalized spacial score (nSPS) is 43.8. The van der Waals surface area contributed by atoms with Crippen LogP contribution in [-0.2, 0) is 18.9 Å². The van der Waals surface area contributed by atoms with Gasteiger partial charge in [0.1, 0.15) is 11.7 Å². The van der Waals surface area contributed by atoms with Crippen molar-refractivity contribution in [3.8, 4) is 6.07 Å². The molecule has 6 heteroatoms. The van der Waals surface area contributed by atoms with Gasteiger partial charge in [-0.25, -0.2) is 0 Å². The molecule has 3 unspecified atom stereocenters. The van der Waals surface area contributed by atoms with E-state index in [9.17, 15) is 5.11 Å². The first-order chi connectivity index (χ1) is 10.9. The van der Waals surface area contributed by atoms with Crippen LogP contribution < -0.4 is 0 Å². The average Bonchev–Trinajstić information content (AvgIpc) is 3.07. The number of fused-ring (bicyclic) bond motifs is 1. The van der Waals surface area contributed by atoms with Gasteiger partial charge in [-0.15, -0.1) is 0 Å². The number of aliphatic hydroxyl groups is 1. The predicted octanol–water partition coefficient (Wildman–Crippen LogP) is 1.76. The van der Waals surface area contributed by atoms with E-state index in [0.717, 1.165) is 12.8 Å². The first-order valence-electron chi connectivity index (χ1n) is 8.53. The van der Waals surface area contributed by atoms with E-state index in [0.29, 0.717) is 19.4 Å². The molecule has 0 radical (unpaired) electrons. The van der Waals surface area contributed by atoms with Crippen molar-refractivity contribution in [3.05, 3.63) is 0 Å². The van der Waals surface area contributed by atoms with Gasteiger partial charge >= 0.3 is 0 Å². The molecule has 6 nitrogen and oxygen atoms in total. The minimum absolute atomic E-state index is 0.00703. The number of ether oxygens (including phenoxy) is 4. The average molecular weight is 325 g/mol. The van der Waals surface area contributed by atoms with Crippen molar-refractivity contribution in [3.63, 3.8) is 0 Å². The number of rotatable bonds is 4. The minimum Gasteiger partial charge on any atom is -0.393 e.